The number of aliphatic hydroxyl groups is 1. The average molecular weight is 441 g/mol. The van der Waals surface area contributed by atoms with Gasteiger partial charge in [-0.15, -0.1) is 0 Å². The smallest absolute Gasteiger partial charge is 0.333 e. The highest BCUT2D eigenvalue weighted by molar-refractivity contribution is 5.87. The molecule has 0 saturated carbocycles. The van der Waals surface area contributed by atoms with E-state index in [2.05, 4.69) is 27.6 Å². The number of aliphatic hydroxyl groups excluding tert-OH is 1. The molecule has 0 aromatic carbocycles. The third-order valence-corrected chi connectivity index (χ3v) is 6.07. The topological polar surface area (TPSA) is 46.5 Å². The van der Waals surface area contributed by atoms with Crippen LogP contribution in [-0.2, 0) is 9.53 Å². The van der Waals surface area contributed by atoms with Gasteiger partial charge in [0.1, 0.15) is 18.8 Å². The van der Waals surface area contributed by atoms with E-state index < -0.39 is 0 Å². The molecule has 0 spiro atoms. The van der Waals surface area contributed by atoms with Crippen molar-refractivity contribution in [2.24, 2.45) is 0 Å². The Kier molecular flexibility index (Phi) is 18.2. The minimum atomic E-state index is -0.326. The molecular weight excluding hydrogens is 386 g/mol. The first-order valence-corrected chi connectivity index (χ1v) is 13.0. The number of esters is 1. The van der Waals surface area contributed by atoms with E-state index in [1.54, 1.807) is 6.92 Å². The van der Waals surface area contributed by atoms with Gasteiger partial charge in [-0.2, -0.15) is 0 Å². The summed E-state index contributed by atoms with van der Waals surface area (Å²) >= 11 is 0. The van der Waals surface area contributed by atoms with Crippen molar-refractivity contribution in [3.05, 3.63) is 12.2 Å². The lowest BCUT2D eigenvalue weighted by molar-refractivity contribution is -0.893. The normalized spacial score (nSPS) is 13.7. The molecule has 4 nitrogen and oxygen atoms in total. The van der Waals surface area contributed by atoms with Gasteiger partial charge in [0.05, 0.1) is 20.6 Å². The Morgan fingerprint density at radius 3 is 1.74 bits per heavy atom. The van der Waals surface area contributed by atoms with Crippen molar-refractivity contribution >= 4 is 5.97 Å². The molecule has 0 heterocycles. The number of unbranched alkanes of at least 4 members (excludes halogenated alkanes) is 12. The molecule has 2 atom stereocenters. The van der Waals surface area contributed by atoms with E-state index in [-0.39, 0.29) is 18.2 Å². The zero-order valence-electron chi connectivity index (χ0n) is 21.6. The number of hydrogen-bond donors (Lipinski definition) is 1. The van der Waals surface area contributed by atoms with Crippen LogP contribution < -0.4 is 0 Å². The molecule has 0 aromatic rings. The lowest BCUT2D eigenvalue weighted by Gasteiger charge is -2.32. The van der Waals surface area contributed by atoms with Gasteiger partial charge in [-0.1, -0.05) is 90.6 Å². The van der Waals surface area contributed by atoms with Crippen LogP contribution in [0.2, 0.25) is 0 Å². The highest BCUT2D eigenvalue weighted by Crippen LogP contribution is 2.17. The number of quaternary nitrogens is 1. The predicted octanol–water partition coefficient (Wildman–Crippen LogP) is 6.80. The Hall–Kier alpha value is -0.870. The zero-order chi connectivity index (χ0) is 23.5. The Morgan fingerprint density at radius 1 is 0.871 bits per heavy atom. The maximum Gasteiger partial charge on any atom is 0.333 e. The second-order valence-electron chi connectivity index (χ2n) is 10.3. The summed E-state index contributed by atoms with van der Waals surface area (Å²) < 4.78 is 6.44. The van der Waals surface area contributed by atoms with Crippen LogP contribution in [0.15, 0.2) is 12.2 Å². The van der Waals surface area contributed by atoms with Gasteiger partial charge in [-0.3, -0.25) is 0 Å². The van der Waals surface area contributed by atoms with Crippen LogP contribution in [0.4, 0.5) is 0 Å². The van der Waals surface area contributed by atoms with Crippen molar-refractivity contribution in [2.45, 2.75) is 129 Å². The number of hydrogen-bond acceptors (Lipinski definition) is 3. The molecule has 0 bridgehead atoms. The highest BCUT2D eigenvalue weighted by atomic mass is 16.5. The second-order valence-corrected chi connectivity index (χ2v) is 10.3. The average Bonchev–Trinajstić information content (AvgIpc) is 2.68. The first-order valence-electron chi connectivity index (χ1n) is 13.0. The Morgan fingerprint density at radius 2 is 1.32 bits per heavy atom. The molecule has 4 heteroatoms. The van der Waals surface area contributed by atoms with Crippen LogP contribution in [0.5, 0.6) is 0 Å². The van der Waals surface area contributed by atoms with Crippen LogP contribution in [0.25, 0.3) is 0 Å². The fourth-order valence-corrected chi connectivity index (χ4v) is 4.20. The summed E-state index contributed by atoms with van der Waals surface area (Å²) in [6, 6.07) is 0. The van der Waals surface area contributed by atoms with Crippen molar-refractivity contribution in [3.8, 4) is 0 Å². The third kappa shape index (κ3) is 19.5. The second kappa shape index (κ2) is 18.7. The van der Waals surface area contributed by atoms with Crippen LogP contribution in [0, 0.1) is 0 Å². The first kappa shape index (κ1) is 30.1. The molecule has 2 unspecified atom stereocenters. The molecular formula is C27H54NO3+. The van der Waals surface area contributed by atoms with Gasteiger partial charge in [-0.05, 0) is 26.7 Å². The molecule has 0 aliphatic carbocycles. The third-order valence-electron chi connectivity index (χ3n) is 6.07. The molecule has 0 saturated heterocycles. The molecule has 0 aliphatic heterocycles. The van der Waals surface area contributed by atoms with E-state index in [4.69, 9.17) is 4.74 Å². The van der Waals surface area contributed by atoms with Crippen LogP contribution >= 0.6 is 0 Å². The number of carbonyl (C=O) groups is 1. The van der Waals surface area contributed by atoms with Gasteiger partial charge >= 0.3 is 5.97 Å². The number of ether oxygens (including phenoxy) is 1. The predicted molar refractivity (Wildman–Crippen MR) is 133 cm³/mol. The monoisotopic (exact) mass is 440 g/mol. The van der Waals surface area contributed by atoms with Gasteiger partial charge in [0.25, 0.3) is 0 Å². The zero-order valence-corrected chi connectivity index (χ0v) is 21.6. The minimum Gasteiger partial charge on any atom is -0.459 e. The molecule has 184 valence electrons. The summed E-state index contributed by atoms with van der Waals surface area (Å²) in [6.45, 7) is 11.1. The van der Waals surface area contributed by atoms with E-state index in [0.29, 0.717) is 12.1 Å². The molecule has 31 heavy (non-hydrogen) atoms. The fourth-order valence-electron chi connectivity index (χ4n) is 4.20. The van der Waals surface area contributed by atoms with E-state index >= 15 is 0 Å². The van der Waals surface area contributed by atoms with Crippen molar-refractivity contribution in [1.29, 1.82) is 0 Å². The summed E-state index contributed by atoms with van der Waals surface area (Å²) in [6.07, 6.45) is 18.8. The van der Waals surface area contributed by atoms with Gasteiger partial charge in [-0.25, -0.2) is 4.79 Å². The van der Waals surface area contributed by atoms with E-state index in [9.17, 15) is 9.90 Å². The van der Waals surface area contributed by atoms with Crippen molar-refractivity contribution in [2.75, 3.05) is 27.2 Å². The molecule has 0 aromatic heterocycles. The van der Waals surface area contributed by atoms with E-state index in [1.807, 2.05) is 6.92 Å². The van der Waals surface area contributed by atoms with E-state index in [1.165, 1.54) is 77.0 Å². The molecule has 1 N–H and O–H groups in total. The number of carbonyl (C=O) groups excluding carboxylic acids is 1. The maximum atomic E-state index is 12.0. The summed E-state index contributed by atoms with van der Waals surface area (Å²) in [5, 5.41) is 9.69. The Bertz CT molecular complexity index is 459. The number of nitrogens with zero attached hydrogens (tertiary/aromatic N) is 1. The van der Waals surface area contributed by atoms with Crippen molar-refractivity contribution in [3.63, 3.8) is 0 Å². The van der Waals surface area contributed by atoms with Gasteiger partial charge in [0.2, 0.25) is 0 Å². The molecule has 0 fully saturated rings. The summed E-state index contributed by atoms with van der Waals surface area (Å²) in [7, 11) is 4.24. The Labute approximate surface area is 194 Å². The summed E-state index contributed by atoms with van der Waals surface area (Å²) in [4.78, 5) is 12.0. The SMILES string of the molecule is C=C(C)C(=O)OC(CCCCCCCCCCCCCCC)CC[N+](C)(C)CC(C)O. The summed E-state index contributed by atoms with van der Waals surface area (Å²) in [5.74, 6) is -0.277. The van der Waals surface area contributed by atoms with Crippen molar-refractivity contribution < 1.29 is 19.1 Å². The van der Waals surface area contributed by atoms with Crippen LogP contribution in [0.3, 0.4) is 0 Å². The van der Waals surface area contributed by atoms with Gasteiger partial charge < -0.3 is 14.3 Å². The van der Waals surface area contributed by atoms with Gasteiger partial charge in [0.15, 0.2) is 0 Å². The van der Waals surface area contributed by atoms with Gasteiger partial charge in [0, 0.05) is 12.0 Å². The quantitative estimate of drug-likeness (QED) is 0.0923. The Balaban J connectivity index is 3.99. The first-order chi connectivity index (χ1) is 14.7. The number of rotatable bonds is 21. The highest BCUT2D eigenvalue weighted by Gasteiger charge is 2.22. The lowest BCUT2D eigenvalue weighted by atomic mass is 10.0. The lowest BCUT2D eigenvalue weighted by Crippen LogP contribution is -2.46. The number of likely N-dealkylation sites (N-methyl/N-ethyl adjacent to an activating group) is 1. The van der Waals surface area contributed by atoms with E-state index in [0.717, 1.165) is 30.3 Å². The van der Waals surface area contributed by atoms with Crippen LogP contribution in [-0.4, -0.2) is 55.0 Å². The maximum absolute atomic E-state index is 12.0. The van der Waals surface area contributed by atoms with Crippen molar-refractivity contribution in [1.82, 2.24) is 0 Å². The fraction of sp³-hybridized carbons (Fsp3) is 0.889. The summed E-state index contributed by atoms with van der Waals surface area (Å²) in [5.41, 5.74) is 0.466. The largest absolute Gasteiger partial charge is 0.459 e. The molecule has 0 rings (SSSR count). The minimum absolute atomic E-state index is 0.0525. The molecule has 0 amide bonds. The standard InChI is InChI=1S/C27H54NO3/c1-7-8-9-10-11-12-13-14-15-16-17-18-19-20-26(31-27(30)24(2)3)21-22-28(5,6)23-25(4)29/h25-26,29H,2,7-23H2,1,3-6H3/q+1. The molecule has 0 radical (unpaired) electrons. The van der Waals surface area contributed by atoms with Crippen LogP contribution in [0.1, 0.15) is 117 Å². The molecule has 0 aliphatic rings.